The van der Waals surface area contributed by atoms with Gasteiger partial charge < -0.3 is 5.32 Å². The van der Waals surface area contributed by atoms with Crippen LogP contribution in [0.5, 0.6) is 0 Å². The van der Waals surface area contributed by atoms with E-state index in [4.69, 9.17) is 0 Å². The number of hydrogen-bond donors (Lipinski definition) is 1. The quantitative estimate of drug-likeness (QED) is 0.748. The molecular weight excluding hydrogens is 170 g/mol. The molecule has 0 bridgehead atoms. The molecule has 2 aromatic carbocycles. The van der Waals surface area contributed by atoms with E-state index in [1.54, 1.807) is 0 Å². The molecule has 0 saturated carbocycles. The summed E-state index contributed by atoms with van der Waals surface area (Å²) in [6, 6.07) is 18.4. The molecule has 0 amide bonds. The van der Waals surface area contributed by atoms with Crippen LogP contribution in [-0.2, 0) is 0 Å². The normalized spacial score (nSPS) is 9.79. The van der Waals surface area contributed by atoms with Gasteiger partial charge in [0.1, 0.15) is 0 Å². The summed E-state index contributed by atoms with van der Waals surface area (Å²) in [5.74, 6) is 0. The van der Waals surface area contributed by atoms with Gasteiger partial charge in [-0.3, -0.25) is 0 Å². The average Bonchev–Trinajstić information content (AvgIpc) is 2.30. The first-order chi connectivity index (χ1) is 6.92. The Labute approximate surface area is 84.4 Å². The highest BCUT2D eigenvalue weighted by Gasteiger charge is 2.00. The van der Waals surface area contributed by atoms with E-state index in [-0.39, 0.29) is 0 Å². The van der Waals surface area contributed by atoms with Crippen molar-refractivity contribution in [2.45, 2.75) is 0 Å². The van der Waals surface area contributed by atoms with Gasteiger partial charge in [-0.25, -0.2) is 0 Å². The third-order valence-electron chi connectivity index (χ3n) is 2.20. The summed E-state index contributed by atoms with van der Waals surface area (Å²) in [6.45, 7) is 0. The smallest absolute Gasteiger partial charge is 0.0420 e. The molecular formula is C13H12N. The second-order valence-electron chi connectivity index (χ2n) is 3.09. The van der Waals surface area contributed by atoms with Gasteiger partial charge in [0.05, 0.1) is 0 Å². The zero-order valence-electron chi connectivity index (χ0n) is 7.90. The first-order valence-electron chi connectivity index (χ1n) is 4.59. The van der Waals surface area contributed by atoms with Gasteiger partial charge >= 0.3 is 0 Å². The van der Waals surface area contributed by atoms with Crippen molar-refractivity contribution >= 4 is 5.69 Å². The van der Waals surface area contributed by atoms with Crippen LogP contribution in [-0.4, -0.2) is 0 Å². The topological polar surface area (TPSA) is 12.0 Å². The van der Waals surface area contributed by atoms with Crippen molar-refractivity contribution in [1.29, 1.82) is 0 Å². The summed E-state index contributed by atoms with van der Waals surface area (Å²) in [6.07, 6.45) is 0. The van der Waals surface area contributed by atoms with Crippen LogP contribution in [0.15, 0.2) is 54.6 Å². The summed E-state index contributed by atoms with van der Waals surface area (Å²) in [4.78, 5) is 0. The van der Waals surface area contributed by atoms with Crippen molar-refractivity contribution in [1.82, 2.24) is 0 Å². The lowest BCUT2D eigenvalue weighted by Crippen LogP contribution is -1.88. The molecule has 69 valence electrons. The Bertz CT molecular complexity index is 407. The van der Waals surface area contributed by atoms with Crippen LogP contribution in [0.2, 0.25) is 0 Å². The molecule has 0 heterocycles. The van der Waals surface area contributed by atoms with Gasteiger partial charge in [0.2, 0.25) is 0 Å². The minimum atomic E-state index is 1.05. The van der Waals surface area contributed by atoms with Crippen molar-refractivity contribution in [2.24, 2.45) is 0 Å². The summed E-state index contributed by atoms with van der Waals surface area (Å²) in [5, 5.41) is 2.94. The van der Waals surface area contributed by atoms with E-state index < -0.39 is 0 Å². The molecule has 0 atom stereocenters. The molecule has 1 radical (unpaired) electrons. The maximum atomic E-state index is 3.69. The molecule has 2 rings (SSSR count). The monoisotopic (exact) mass is 182 g/mol. The summed E-state index contributed by atoms with van der Waals surface area (Å²) >= 11 is 0. The molecule has 0 spiro atoms. The zero-order chi connectivity index (χ0) is 9.80. The van der Waals surface area contributed by atoms with E-state index in [1.165, 1.54) is 11.1 Å². The minimum absolute atomic E-state index is 1.05. The lowest BCUT2D eigenvalue weighted by atomic mass is 10.0. The summed E-state index contributed by atoms with van der Waals surface area (Å²) in [5.41, 5.74) is 3.45. The predicted octanol–water partition coefficient (Wildman–Crippen LogP) is 3.56. The Morgan fingerprint density at radius 2 is 1.43 bits per heavy atom. The van der Waals surface area contributed by atoms with E-state index >= 15 is 0 Å². The highest BCUT2D eigenvalue weighted by Crippen LogP contribution is 2.26. The fraction of sp³-hybridized carbons (Fsp3) is 0. The Hall–Kier alpha value is -1.76. The van der Waals surface area contributed by atoms with Crippen LogP contribution in [0.25, 0.3) is 11.1 Å². The van der Waals surface area contributed by atoms with Gasteiger partial charge in [0.25, 0.3) is 0 Å². The van der Waals surface area contributed by atoms with Crippen molar-refractivity contribution in [3.8, 4) is 11.1 Å². The van der Waals surface area contributed by atoms with Crippen LogP contribution >= 0.6 is 0 Å². The third kappa shape index (κ3) is 1.62. The highest BCUT2D eigenvalue weighted by atomic mass is 14.8. The van der Waals surface area contributed by atoms with Gasteiger partial charge in [-0.15, -0.1) is 0 Å². The van der Waals surface area contributed by atoms with Crippen LogP contribution in [0.3, 0.4) is 0 Å². The fourth-order valence-corrected chi connectivity index (χ4v) is 1.51. The van der Waals surface area contributed by atoms with Crippen LogP contribution in [0, 0.1) is 7.05 Å². The summed E-state index contributed by atoms with van der Waals surface area (Å²) in [7, 11) is 3.69. The maximum Gasteiger partial charge on any atom is 0.0420 e. The van der Waals surface area contributed by atoms with E-state index in [0.717, 1.165) is 5.69 Å². The van der Waals surface area contributed by atoms with Crippen molar-refractivity contribution in [3.63, 3.8) is 0 Å². The van der Waals surface area contributed by atoms with E-state index in [9.17, 15) is 0 Å². The summed E-state index contributed by atoms with van der Waals surface area (Å²) < 4.78 is 0. The zero-order valence-corrected chi connectivity index (χ0v) is 7.90. The first kappa shape index (κ1) is 8.82. The van der Waals surface area contributed by atoms with Gasteiger partial charge in [-0.1, -0.05) is 48.5 Å². The molecule has 1 N–H and O–H groups in total. The molecule has 0 aliphatic carbocycles. The predicted molar refractivity (Wildman–Crippen MR) is 60.9 cm³/mol. The van der Waals surface area contributed by atoms with Gasteiger partial charge in [-0.05, 0) is 11.6 Å². The first-order valence-corrected chi connectivity index (χ1v) is 4.59. The number of para-hydroxylation sites is 1. The number of hydrogen-bond acceptors (Lipinski definition) is 1. The van der Waals surface area contributed by atoms with Gasteiger partial charge in [-0.2, -0.15) is 0 Å². The second kappa shape index (κ2) is 3.97. The molecule has 0 aliphatic rings. The second-order valence-corrected chi connectivity index (χ2v) is 3.09. The molecule has 2 aromatic rings. The molecule has 0 aliphatic heterocycles. The lowest BCUT2D eigenvalue weighted by Gasteiger charge is -2.08. The van der Waals surface area contributed by atoms with Crippen LogP contribution < -0.4 is 5.32 Å². The molecule has 0 aromatic heterocycles. The Morgan fingerprint density at radius 1 is 0.786 bits per heavy atom. The Morgan fingerprint density at radius 3 is 2.14 bits per heavy atom. The molecule has 14 heavy (non-hydrogen) atoms. The largest absolute Gasteiger partial charge is 0.383 e. The minimum Gasteiger partial charge on any atom is -0.383 e. The lowest BCUT2D eigenvalue weighted by molar-refractivity contribution is 1.56. The molecule has 0 saturated heterocycles. The van der Waals surface area contributed by atoms with Crippen molar-refractivity contribution < 1.29 is 0 Å². The molecule has 1 nitrogen and oxygen atoms in total. The van der Waals surface area contributed by atoms with Gasteiger partial charge in [0.15, 0.2) is 0 Å². The number of anilines is 1. The van der Waals surface area contributed by atoms with E-state index in [1.807, 2.05) is 36.4 Å². The number of benzene rings is 2. The van der Waals surface area contributed by atoms with E-state index in [2.05, 4.69) is 30.6 Å². The number of rotatable bonds is 2. The maximum absolute atomic E-state index is 3.69. The standard InChI is InChI=1S/C13H12N/c1-14-13-10-6-5-9-12(13)11-7-3-2-4-8-11/h2-10,14H,1H2. The SMILES string of the molecule is [CH2]Nc1ccccc1-c1ccccc1. The average molecular weight is 182 g/mol. The van der Waals surface area contributed by atoms with Crippen molar-refractivity contribution in [3.05, 3.63) is 61.6 Å². The van der Waals surface area contributed by atoms with E-state index in [0.29, 0.717) is 0 Å². The van der Waals surface area contributed by atoms with Gasteiger partial charge in [0, 0.05) is 18.3 Å². The fourth-order valence-electron chi connectivity index (χ4n) is 1.51. The highest BCUT2D eigenvalue weighted by molar-refractivity contribution is 5.77. The third-order valence-corrected chi connectivity index (χ3v) is 2.20. The molecule has 0 unspecified atom stereocenters. The Balaban J connectivity index is 2.51. The molecule has 0 fully saturated rings. The number of nitrogens with one attached hydrogen (secondary N) is 1. The van der Waals surface area contributed by atoms with Crippen LogP contribution in [0.4, 0.5) is 5.69 Å². The Kier molecular flexibility index (Phi) is 2.50. The molecule has 1 heteroatoms. The van der Waals surface area contributed by atoms with Crippen molar-refractivity contribution in [2.75, 3.05) is 5.32 Å². The van der Waals surface area contributed by atoms with Crippen LogP contribution in [0.1, 0.15) is 0 Å².